The summed E-state index contributed by atoms with van der Waals surface area (Å²) in [7, 11) is -3.48. The summed E-state index contributed by atoms with van der Waals surface area (Å²) in [6, 6.07) is 0. The highest BCUT2D eigenvalue weighted by Gasteiger charge is 2.30. The summed E-state index contributed by atoms with van der Waals surface area (Å²) >= 11 is 0. The van der Waals surface area contributed by atoms with Gasteiger partial charge in [-0.1, -0.05) is 6.92 Å². The topological polar surface area (TPSA) is 86.9 Å². The predicted molar refractivity (Wildman–Crippen MR) is 73.5 cm³/mol. The second-order valence-corrected chi connectivity index (χ2v) is 7.35. The number of aromatic amines is 1. The number of sulfonamides is 1. The Morgan fingerprint density at radius 2 is 1.95 bits per heavy atom. The average molecular weight is 286 g/mol. The highest BCUT2D eigenvalue weighted by atomic mass is 32.2. The van der Waals surface area contributed by atoms with Crippen LogP contribution in [0.5, 0.6) is 0 Å². The third-order valence-electron chi connectivity index (χ3n) is 3.83. The van der Waals surface area contributed by atoms with Gasteiger partial charge in [-0.3, -0.25) is 5.10 Å². The van der Waals surface area contributed by atoms with Crippen LogP contribution in [0, 0.1) is 19.3 Å². The fourth-order valence-electron chi connectivity index (χ4n) is 2.49. The van der Waals surface area contributed by atoms with Crippen molar-refractivity contribution in [3.05, 3.63) is 11.4 Å². The first-order valence-corrected chi connectivity index (χ1v) is 8.04. The van der Waals surface area contributed by atoms with Gasteiger partial charge in [0.25, 0.3) is 0 Å². The SMILES string of the molecule is Cc1n[nH]c(C)c1S(=O)(=O)NCC1(C)CCNCC1. The van der Waals surface area contributed by atoms with E-state index in [0.29, 0.717) is 17.9 Å². The summed E-state index contributed by atoms with van der Waals surface area (Å²) in [5.74, 6) is 0. The molecule has 0 radical (unpaired) electrons. The molecule has 7 heteroatoms. The Bertz CT molecular complexity index is 525. The Kier molecular flexibility index (Phi) is 3.98. The second kappa shape index (κ2) is 5.22. The van der Waals surface area contributed by atoms with Crippen LogP contribution < -0.4 is 10.0 Å². The summed E-state index contributed by atoms with van der Waals surface area (Å²) in [5, 5.41) is 9.94. The van der Waals surface area contributed by atoms with Crippen molar-refractivity contribution in [2.45, 2.75) is 38.5 Å². The molecule has 1 aliphatic heterocycles. The van der Waals surface area contributed by atoms with Gasteiger partial charge in [-0.2, -0.15) is 5.10 Å². The number of aromatic nitrogens is 2. The maximum Gasteiger partial charge on any atom is 0.244 e. The van der Waals surface area contributed by atoms with Crippen molar-refractivity contribution in [1.29, 1.82) is 0 Å². The molecule has 0 amide bonds. The molecule has 0 atom stereocenters. The van der Waals surface area contributed by atoms with Gasteiger partial charge >= 0.3 is 0 Å². The Morgan fingerprint density at radius 1 is 1.32 bits per heavy atom. The normalized spacial score (nSPS) is 19.5. The van der Waals surface area contributed by atoms with Crippen LogP contribution in [0.25, 0.3) is 0 Å². The van der Waals surface area contributed by atoms with E-state index >= 15 is 0 Å². The summed E-state index contributed by atoms with van der Waals surface area (Å²) in [4.78, 5) is 0.282. The van der Waals surface area contributed by atoms with Crippen LogP contribution in [0.1, 0.15) is 31.2 Å². The molecule has 0 saturated carbocycles. The van der Waals surface area contributed by atoms with E-state index in [4.69, 9.17) is 0 Å². The Morgan fingerprint density at radius 3 is 2.47 bits per heavy atom. The van der Waals surface area contributed by atoms with Crippen LogP contribution in [0.4, 0.5) is 0 Å². The molecule has 0 bridgehead atoms. The van der Waals surface area contributed by atoms with Gasteiger partial charge in [-0.15, -0.1) is 0 Å². The van der Waals surface area contributed by atoms with Gasteiger partial charge in [-0.25, -0.2) is 13.1 Å². The predicted octanol–water partition coefficient (Wildman–Crippen LogP) is 0.695. The lowest BCUT2D eigenvalue weighted by Crippen LogP contribution is -2.43. The largest absolute Gasteiger partial charge is 0.317 e. The van der Waals surface area contributed by atoms with Crippen molar-refractivity contribution >= 4 is 10.0 Å². The van der Waals surface area contributed by atoms with Gasteiger partial charge in [-0.05, 0) is 45.2 Å². The molecular formula is C12H22N4O2S. The summed E-state index contributed by atoms with van der Waals surface area (Å²) in [5.41, 5.74) is 1.13. The molecule has 2 heterocycles. The van der Waals surface area contributed by atoms with Crippen molar-refractivity contribution < 1.29 is 8.42 Å². The molecule has 1 aliphatic rings. The van der Waals surface area contributed by atoms with Crippen molar-refractivity contribution in [3.63, 3.8) is 0 Å². The molecule has 1 aromatic rings. The lowest BCUT2D eigenvalue weighted by molar-refractivity contribution is 0.232. The van der Waals surface area contributed by atoms with Crippen LogP contribution in [0.15, 0.2) is 4.90 Å². The number of rotatable bonds is 4. The zero-order valence-corrected chi connectivity index (χ0v) is 12.5. The molecule has 108 valence electrons. The molecule has 0 spiro atoms. The summed E-state index contributed by atoms with van der Waals surface area (Å²) in [6.45, 7) is 7.92. The first-order chi connectivity index (χ1) is 8.84. The molecular weight excluding hydrogens is 264 g/mol. The van der Waals surface area contributed by atoms with Crippen LogP contribution in [-0.4, -0.2) is 38.2 Å². The van der Waals surface area contributed by atoms with E-state index in [-0.39, 0.29) is 10.3 Å². The molecule has 1 aromatic heterocycles. The molecule has 0 aromatic carbocycles. The molecule has 1 saturated heterocycles. The Hall–Kier alpha value is -0.920. The number of aryl methyl sites for hydroxylation is 2. The highest BCUT2D eigenvalue weighted by molar-refractivity contribution is 7.89. The summed E-state index contributed by atoms with van der Waals surface area (Å²) in [6.07, 6.45) is 1.97. The van der Waals surface area contributed by atoms with E-state index in [1.807, 2.05) is 0 Å². The number of hydrogen-bond acceptors (Lipinski definition) is 4. The lowest BCUT2D eigenvalue weighted by atomic mass is 9.81. The average Bonchev–Trinajstić information content (AvgIpc) is 2.68. The first-order valence-electron chi connectivity index (χ1n) is 6.56. The molecule has 19 heavy (non-hydrogen) atoms. The van der Waals surface area contributed by atoms with E-state index in [1.165, 1.54) is 0 Å². The Labute approximate surface area is 114 Å². The standard InChI is InChI=1S/C12H22N4O2S/c1-9-11(10(2)16-15-9)19(17,18)14-8-12(3)4-6-13-7-5-12/h13-14H,4-8H2,1-3H3,(H,15,16). The van der Waals surface area contributed by atoms with Gasteiger partial charge in [0.05, 0.1) is 11.4 Å². The monoisotopic (exact) mass is 286 g/mol. The van der Waals surface area contributed by atoms with E-state index in [9.17, 15) is 8.42 Å². The third kappa shape index (κ3) is 3.16. The van der Waals surface area contributed by atoms with Gasteiger partial charge in [0.2, 0.25) is 10.0 Å². The second-order valence-electron chi connectivity index (χ2n) is 5.65. The third-order valence-corrected chi connectivity index (χ3v) is 5.49. The van der Waals surface area contributed by atoms with Crippen molar-refractivity contribution in [2.75, 3.05) is 19.6 Å². The van der Waals surface area contributed by atoms with Crippen molar-refractivity contribution in [1.82, 2.24) is 20.2 Å². The van der Waals surface area contributed by atoms with E-state index in [1.54, 1.807) is 13.8 Å². The highest BCUT2D eigenvalue weighted by Crippen LogP contribution is 2.27. The lowest BCUT2D eigenvalue weighted by Gasteiger charge is -2.34. The minimum Gasteiger partial charge on any atom is -0.317 e. The van der Waals surface area contributed by atoms with Gasteiger partial charge in [0, 0.05) is 6.54 Å². The van der Waals surface area contributed by atoms with E-state index in [2.05, 4.69) is 27.2 Å². The molecule has 1 fully saturated rings. The number of nitrogens with zero attached hydrogens (tertiary/aromatic N) is 1. The van der Waals surface area contributed by atoms with Gasteiger partial charge in [0.1, 0.15) is 4.90 Å². The zero-order valence-electron chi connectivity index (χ0n) is 11.7. The fraction of sp³-hybridized carbons (Fsp3) is 0.750. The van der Waals surface area contributed by atoms with E-state index < -0.39 is 10.0 Å². The van der Waals surface area contributed by atoms with Crippen LogP contribution in [-0.2, 0) is 10.0 Å². The molecule has 6 nitrogen and oxygen atoms in total. The molecule has 0 unspecified atom stereocenters. The quantitative estimate of drug-likeness (QED) is 0.760. The first kappa shape index (κ1) is 14.5. The molecule has 0 aliphatic carbocycles. The maximum atomic E-state index is 12.3. The number of H-pyrrole nitrogens is 1. The molecule has 2 rings (SSSR count). The zero-order chi connectivity index (χ0) is 14.1. The van der Waals surface area contributed by atoms with Crippen molar-refractivity contribution in [3.8, 4) is 0 Å². The number of hydrogen-bond donors (Lipinski definition) is 3. The fourth-order valence-corrected chi connectivity index (χ4v) is 4.05. The molecule has 3 N–H and O–H groups in total. The minimum absolute atomic E-state index is 0.0316. The minimum atomic E-state index is -3.48. The maximum absolute atomic E-state index is 12.3. The van der Waals surface area contributed by atoms with Crippen molar-refractivity contribution in [2.24, 2.45) is 5.41 Å². The summed E-state index contributed by atoms with van der Waals surface area (Å²) < 4.78 is 27.4. The van der Waals surface area contributed by atoms with Gasteiger partial charge in [0.15, 0.2) is 0 Å². The number of piperidine rings is 1. The van der Waals surface area contributed by atoms with Gasteiger partial charge < -0.3 is 5.32 Å². The Balaban J connectivity index is 2.10. The van der Waals surface area contributed by atoms with Crippen LogP contribution >= 0.6 is 0 Å². The smallest absolute Gasteiger partial charge is 0.244 e. The number of nitrogens with one attached hydrogen (secondary N) is 3. The van der Waals surface area contributed by atoms with Crippen LogP contribution in [0.2, 0.25) is 0 Å². The van der Waals surface area contributed by atoms with Crippen LogP contribution in [0.3, 0.4) is 0 Å². The van der Waals surface area contributed by atoms with E-state index in [0.717, 1.165) is 25.9 Å².